The molecule has 0 fully saturated rings. The second-order valence-electron chi connectivity index (χ2n) is 4.15. The molecule has 2 rings (SSSR count). The quantitative estimate of drug-likeness (QED) is 0.885. The third-order valence-electron chi connectivity index (χ3n) is 2.65. The Hall–Kier alpha value is -2.27. The molecule has 100 valence electrons. The van der Waals surface area contributed by atoms with E-state index in [1.54, 1.807) is 38.3 Å². The van der Waals surface area contributed by atoms with Gasteiger partial charge in [0.2, 0.25) is 0 Å². The van der Waals surface area contributed by atoms with Crippen LogP contribution in [-0.2, 0) is 0 Å². The van der Waals surface area contributed by atoms with Crippen LogP contribution in [0.5, 0.6) is 5.75 Å². The number of ether oxygens (including phenoxy) is 1. The fourth-order valence-corrected chi connectivity index (χ4v) is 1.65. The third-order valence-corrected chi connectivity index (χ3v) is 2.65. The summed E-state index contributed by atoms with van der Waals surface area (Å²) in [6.07, 6.45) is 0. The summed E-state index contributed by atoms with van der Waals surface area (Å²) in [6.45, 7) is 1.79. The Morgan fingerprint density at radius 1 is 1.32 bits per heavy atom. The van der Waals surface area contributed by atoms with Crippen molar-refractivity contribution >= 4 is 11.6 Å². The van der Waals surface area contributed by atoms with Crippen molar-refractivity contribution < 1.29 is 13.9 Å². The number of amides is 1. The number of furan rings is 1. The predicted octanol–water partition coefficient (Wildman–Crippen LogP) is 2.56. The Labute approximate surface area is 111 Å². The summed E-state index contributed by atoms with van der Waals surface area (Å²) >= 11 is 0. The second kappa shape index (κ2) is 5.58. The molecule has 5 heteroatoms. The van der Waals surface area contributed by atoms with Crippen LogP contribution >= 0.6 is 0 Å². The van der Waals surface area contributed by atoms with Crippen molar-refractivity contribution in [2.75, 3.05) is 12.4 Å². The monoisotopic (exact) mass is 260 g/mol. The normalized spacial score (nSPS) is 11.9. The highest BCUT2D eigenvalue weighted by atomic mass is 16.5. The zero-order valence-corrected chi connectivity index (χ0v) is 10.8. The molecule has 0 saturated heterocycles. The van der Waals surface area contributed by atoms with Crippen molar-refractivity contribution in [3.8, 4) is 5.75 Å². The van der Waals surface area contributed by atoms with Gasteiger partial charge in [0.1, 0.15) is 11.5 Å². The van der Waals surface area contributed by atoms with E-state index in [9.17, 15) is 4.79 Å². The molecule has 0 aliphatic heterocycles. The maximum atomic E-state index is 12.0. The van der Waals surface area contributed by atoms with Crippen LogP contribution in [0.2, 0.25) is 0 Å². The third kappa shape index (κ3) is 2.95. The summed E-state index contributed by atoms with van der Waals surface area (Å²) in [5.41, 5.74) is 6.27. The molecule has 1 aromatic heterocycles. The predicted molar refractivity (Wildman–Crippen MR) is 72.3 cm³/mol. The van der Waals surface area contributed by atoms with E-state index >= 15 is 0 Å². The van der Waals surface area contributed by atoms with Crippen LogP contribution in [0.3, 0.4) is 0 Å². The van der Waals surface area contributed by atoms with Crippen molar-refractivity contribution in [3.63, 3.8) is 0 Å². The number of anilines is 1. The van der Waals surface area contributed by atoms with Gasteiger partial charge in [-0.2, -0.15) is 0 Å². The molecular weight excluding hydrogens is 244 g/mol. The Kier molecular flexibility index (Phi) is 3.87. The fourth-order valence-electron chi connectivity index (χ4n) is 1.65. The number of benzene rings is 1. The lowest BCUT2D eigenvalue weighted by molar-refractivity contribution is 0.0994. The van der Waals surface area contributed by atoms with Crippen LogP contribution in [0, 0.1) is 0 Å². The molecule has 1 unspecified atom stereocenters. The zero-order valence-electron chi connectivity index (χ0n) is 10.8. The molecule has 0 spiro atoms. The average Bonchev–Trinajstić information content (AvgIpc) is 2.89. The molecule has 1 atom stereocenters. The number of methoxy groups -OCH3 is 1. The van der Waals surface area contributed by atoms with Gasteiger partial charge >= 0.3 is 0 Å². The van der Waals surface area contributed by atoms with Crippen molar-refractivity contribution in [2.24, 2.45) is 5.73 Å². The van der Waals surface area contributed by atoms with Crippen LogP contribution in [0.4, 0.5) is 5.69 Å². The summed E-state index contributed by atoms with van der Waals surface area (Å²) in [6, 6.07) is 10.2. The first-order chi connectivity index (χ1) is 9.11. The largest absolute Gasteiger partial charge is 0.495 e. The van der Waals surface area contributed by atoms with Crippen molar-refractivity contribution in [3.05, 3.63) is 47.9 Å². The Morgan fingerprint density at radius 2 is 2.05 bits per heavy atom. The summed E-state index contributed by atoms with van der Waals surface area (Å²) in [5, 5.41) is 2.73. The van der Waals surface area contributed by atoms with Crippen LogP contribution in [0.1, 0.15) is 29.3 Å². The zero-order chi connectivity index (χ0) is 13.8. The van der Waals surface area contributed by atoms with Crippen LogP contribution in [0.15, 0.2) is 40.8 Å². The molecule has 5 nitrogen and oxygen atoms in total. The second-order valence-corrected chi connectivity index (χ2v) is 4.15. The molecule has 2 aromatic rings. The van der Waals surface area contributed by atoms with E-state index in [4.69, 9.17) is 14.9 Å². The van der Waals surface area contributed by atoms with Gasteiger partial charge < -0.3 is 20.2 Å². The molecule has 0 radical (unpaired) electrons. The van der Waals surface area contributed by atoms with Crippen molar-refractivity contribution in [1.29, 1.82) is 0 Å². The Bertz CT molecular complexity index is 576. The first-order valence-electron chi connectivity index (χ1n) is 5.91. The molecule has 0 bridgehead atoms. The van der Waals surface area contributed by atoms with Gasteiger partial charge in [-0.25, -0.2) is 0 Å². The van der Waals surface area contributed by atoms with E-state index in [-0.39, 0.29) is 17.7 Å². The minimum absolute atomic E-state index is 0.221. The van der Waals surface area contributed by atoms with Gasteiger partial charge in [-0.05, 0) is 31.2 Å². The highest BCUT2D eigenvalue weighted by Gasteiger charge is 2.14. The minimum atomic E-state index is -0.337. The van der Waals surface area contributed by atoms with E-state index in [0.29, 0.717) is 17.2 Å². The number of nitrogens with two attached hydrogens (primary N) is 1. The van der Waals surface area contributed by atoms with Crippen molar-refractivity contribution in [1.82, 2.24) is 0 Å². The summed E-state index contributed by atoms with van der Waals surface area (Å²) in [4.78, 5) is 12.0. The minimum Gasteiger partial charge on any atom is -0.495 e. The maximum Gasteiger partial charge on any atom is 0.291 e. The fraction of sp³-hybridized carbons (Fsp3) is 0.214. The highest BCUT2D eigenvalue weighted by molar-refractivity contribution is 6.03. The van der Waals surface area contributed by atoms with Gasteiger partial charge in [-0.15, -0.1) is 0 Å². The van der Waals surface area contributed by atoms with Gasteiger partial charge in [0.15, 0.2) is 5.76 Å². The molecule has 0 aliphatic carbocycles. The molecule has 0 saturated carbocycles. The first-order valence-corrected chi connectivity index (χ1v) is 5.91. The molecule has 1 amide bonds. The number of carbonyl (C=O) groups excluding carboxylic acids is 1. The smallest absolute Gasteiger partial charge is 0.291 e. The lowest BCUT2D eigenvalue weighted by atomic mass is 10.2. The van der Waals surface area contributed by atoms with Gasteiger partial charge in [-0.3, -0.25) is 4.79 Å². The number of hydrogen-bond acceptors (Lipinski definition) is 4. The lowest BCUT2D eigenvalue weighted by Crippen LogP contribution is -2.12. The standard InChI is InChI=1S/C14H16N2O3/c1-9(15)11-7-8-13(19-11)14(17)16-10-5-3-4-6-12(10)18-2/h3-9H,15H2,1-2H3,(H,16,17). The molecular formula is C14H16N2O3. The van der Waals surface area contributed by atoms with E-state index in [2.05, 4.69) is 5.32 Å². The molecule has 1 aromatic carbocycles. The topological polar surface area (TPSA) is 77.5 Å². The number of para-hydroxylation sites is 2. The lowest BCUT2D eigenvalue weighted by Gasteiger charge is -2.08. The summed E-state index contributed by atoms with van der Waals surface area (Å²) in [7, 11) is 1.55. The SMILES string of the molecule is COc1ccccc1NC(=O)c1ccc(C(C)N)o1. The Morgan fingerprint density at radius 3 is 2.68 bits per heavy atom. The van der Waals surface area contributed by atoms with E-state index in [1.807, 2.05) is 12.1 Å². The van der Waals surface area contributed by atoms with Crippen molar-refractivity contribution in [2.45, 2.75) is 13.0 Å². The highest BCUT2D eigenvalue weighted by Crippen LogP contribution is 2.24. The van der Waals surface area contributed by atoms with E-state index in [1.165, 1.54) is 0 Å². The molecule has 1 heterocycles. The molecule has 19 heavy (non-hydrogen) atoms. The summed E-state index contributed by atoms with van der Waals surface area (Å²) in [5.74, 6) is 1.05. The first kappa shape index (κ1) is 13.2. The molecule has 3 N–H and O–H groups in total. The number of hydrogen-bond donors (Lipinski definition) is 2. The van der Waals surface area contributed by atoms with Crippen LogP contribution in [0.25, 0.3) is 0 Å². The molecule has 0 aliphatic rings. The van der Waals surface area contributed by atoms with Gasteiger partial charge in [0, 0.05) is 0 Å². The number of nitrogens with one attached hydrogen (secondary N) is 1. The van der Waals surface area contributed by atoms with Crippen LogP contribution < -0.4 is 15.8 Å². The number of rotatable bonds is 4. The van der Waals surface area contributed by atoms with E-state index < -0.39 is 0 Å². The maximum absolute atomic E-state index is 12.0. The van der Waals surface area contributed by atoms with Gasteiger partial charge in [0.25, 0.3) is 5.91 Å². The Balaban J connectivity index is 2.16. The summed E-state index contributed by atoms with van der Waals surface area (Å²) < 4.78 is 10.5. The van der Waals surface area contributed by atoms with Gasteiger partial charge in [-0.1, -0.05) is 12.1 Å². The number of carbonyl (C=O) groups is 1. The van der Waals surface area contributed by atoms with Crippen LogP contribution in [-0.4, -0.2) is 13.0 Å². The average molecular weight is 260 g/mol. The van der Waals surface area contributed by atoms with Gasteiger partial charge in [0.05, 0.1) is 18.8 Å². The van der Waals surface area contributed by atoms with E-state index in [0.717, 1.165) is 0 Å².